The van der Waals surface area contributed by atoms with Gasteiger partial charge in [0.1, 0.15) is 5.82 Å². The number of nitrogens with zero attached hydrogens (tertiary/aromatic N) is 1. The van der Waals surface area contributed by atoms with E-state index in [0.717, 1.165) is 18.9 Å². The molecular weight excluding hydrogens is 270 g/mol. The highest BCUT2D eigenvalue weighted by Crippen LogP contribution is 2.39. The third-order valence-corrected chi connectivity index (χ3v) is 5.32. The Bertz CT molecular complexity index is 441. The van der Waals surface area contributed by atoms with E-state index in [1.165, 1.54) is 25.7 Å². The van der Waals surface area contributed by atoms with E-state index in [0.29, 0.717) is 5.56 Å². The van der Waals surface area contributed by atoms with Gasteiger partial charge in [-0.25, -0.2) is 4.98 Å². The molecule has 4 nitrogen and oxygen atoms in total. The summed E-state index contributed by atoms with van der Waals surface area (Å²) in [5.41, 5.74) is 0.626. The van der Waals surface area contributed by atoms with Gasteiger partial charge in [0.2, 0.25) is 0 Å². The van der Waals surface area contributed by atoms with Crippen molar-refractivity contribution in [1.29, 1.82) is 0 Å². The fraction of sp³-hybridized carbons (Fsp3) is 0.600. The minimum atomic E-state index is -0.0270. The van der Waals surface area contributed by atoms with Gasteiger partial charge in [-0.15, -0.1) is 0 Å². The molecule has 0 aromatic carbocycles. The molecule has 1 aromatic heterocycles. The van der Waals surface area contributed by atoms with Crippen LogP contribution >= 0.6 is 11.8 Å². The van der Waals surface area contributed by atoms with E-state index in [-0.39, 0.29) is 10.7 Å². The number of rotatable bonds is 6. The molecule has 1 amide bonds. The summed E-state index contributed by atoms with van der Waals surface area (Å²) < 4.78 is 0.243. The van der Waals surface area contributed by atoms with Crippen LogP contribution in [-0.2, 0) is 0 Å². The average molecular weight is 293 g/mol. The van der Waals surface area contributed by atoms with Crippen molar-refractivity contribution in [3.05, 3.63) is 23.9 Å². The van der Waals surface area contributed by atoms with Gasteiger partial charge >= 0.3 is 0 Å². The van der Waals surface area contributed by atoms with Gasteiger partial charge < -0.3 is 10.6 Å². The summed E-state index contributed by atoms with van der Waals surface area (Å²) in [7, 11) is 0. The summed E-state index contributed by atoms with van der Waals surface area (Å²) >= 11 is 1.89. The van der Waals surface area contributed by atoms with Gasteiger partial charge in [0.15, 0.2) is 0 Å². The standard InChI is InChI=1S/C15H23N3OS/c1-3-16-13-7-6-12(10-17-13)14(19)18-11-15(20-2)8-4-5-9-15/h6-7,10H,3-5,8-9,11H2,1-2H3,(H,16,17)(H,18,19). The second kappa shape index (κ2) is 6.97. The SMILES string of the molecule is CCNc1ccc(C(=O)NCC2(SC)CCCC2)cn1. The third-order valence-electron chi connectivity index (χ3n) is 3.90. The lowest BCUT2D eigenvalue weighted by Crippen LogP contribution is -2.38. The molecule has 110 valence electrons. The van der Waals surface area contributed by atoms with Gasteiger partial charge in [0.05, 0.1) is 5.56 Å². The Morgan fingerprint density at radius 3 is 2.70 bits per heavy atom. The molecule has 20 heavy (non-hydrogen) atoms. The Labute approximate surface area is 125 Å². The predicted molar refractivity (Wildman–Crippen MR) is 85.4 cm³/mol. The second-order valence-electron chi connectivity index (χ2n) is 5.24. The van der Waals surface area contributed by atoms with E-state index < -0.39 is 0 Å². The number of nitrogens with one attached hydrogen (secondary N) is 2. The number of amides is 1. The van der Waals surface area contributed by atoms with Crippen molar-refractivity contribution in [2.24, 2.45) is 0 Å². The molecule has 0 saturated heterocycles. The summed E-state index contributed by atoms with van der Waals surface area (Å²) in [5, 5.41) is 6.18. The first-order chi connectivity index (χ1) is 9.69. The third kappa shape index (κ3) is 3.66. The minimum absolute atomic E-state index is 0.0270. The number of hydrogen-bond donors (Lipinski definition) is 2. The molecule has 5 heteroatoms. The van der Waals surface area contributed by atoms with E-state index in [1.54, 1.807) is 6.20 Å². The largest absolute Gasteiger partial charge is 0.370 e. The number of aromatic nitrogens is 1. The van der Waals surface area contributed by atoms with Crippen molar-refractivity contribution in [3.63, 3.8) is 0 Å². The monoisotopic (exact) mass is 293 g/mol. The van der Waals surface area contributed by atoms with Crippen molar-refractivity contribution in [1.82, 2.24) is 10.3 Å². The summed E-state index contributed by atoms with van der Waals surface area (Å²) in [4.78, 5) is 16.4. The topological polar surface area (TPSA) is 54.0 Å². The normalized spacial score (nSPS) is 16.9. The summed E-state index contributed by atoms with van der Waals surface area (Å²) in [6, 6.07) is 3.67. The van der Waals surface area contributed by atoms with Crippen molar-refractivity contribution >= 4 is 23.5 Å². The number of anilines is 1. The molecule has 1 aliphatic rings. The Morgan fingerprint density at radius 1 is 1.40 bits per heavy atom. The zero-order chi connectivity index (χ0) is 14.4. The van der Waals surface area contributed by atoms with Crippen LogP contribution in [0.15, 0.2) is 18.3 Å². The molecule has 1 fully saturated rings. The Kier molecular flexibility index (Phi) is 5.29. The molecule has 2 N–H and O–H groups in total. The fourth-order valence-electron chi connectivity index (χ4n) is 2.63. The quantitative estimate of drug-likeness (QED) is 0.847. The molecule has 0 unspecified atom stereocenters. The maximum absolute atomic E-state index is 12.1. The van der Waals surface area contributed by atoms with Crippen LogP contribution in [0.4, 0.5) is 5.82 Å². The highest BCUT2D eigenvalue weighted by molar-refractivity contribution is 8.00. The molecule has 1 heterocycles. The number of carbonyl (C=O) groups excluding carboxylic acids is 1. The molecule has 0 spiro atoms. The van der Waals surface area contributed by atoms with Crippen molar-refractivity contribution < 1.29 is 4.79 Å². The lowest BCUT2D eigenvalue weighted by Gasteiger charge is -2.26. The zero-order valence-corrected chi connectivity index (χ0v) is 13.1. The molecule has 1 saturated carbocycles. The highest BCUT2D eigenvalue weighted by Gasteiger charge is 2.33. The van der Waals surface area contributed by atoms with Gasteiger partial charge in [-0.1, -0.05) is 12.8 Å². The fourth-order valence-corrected chi connectivity index (χ4v) is 3.54. The van der Waals surface area contributed by atoms with E-state index in [1.807, 2.05) is 30.8 Å². The minimum Gasteiger partial charge on any atom is -0.370 e. The lowest BCUT2D eigenvalue weighted by atomic mass is 10.1. The van der Waals surface area contributed by atoms with Crippen LogP contribution < -0.4 is 10.6 Å². The molecule has 1 aromatic rings. The molecule has 2 rings (SSSR count). The number of hydrogen-bond acceptors (Lipinski definition) is 4. The Balaban J connectivity index is 1.91. The van der Waals surface area contributed by atoms with Crippen LogP contribution in [0.5, 0.6) is 0 Å². The predicted octanol–water partition coefficient (Wildman–Crippen LogP) is 2.92. The smallest absolute Gasteiger partial charge is 0.252 e. The van der Waals surface area contributed by atoms with Gasteiger partial charge in [0.25, 0.3) is 5.91 Å². The van der Waals surface area contributed by atoms with Gasteiger partial charge in [-0.2, -0.15) is 11.8 Å². The Hall–Kier alpha value is -1.23. The maximum Gasteiger partial charge on any atom is 0.252 e. The number of carbonyl (C=O) groups is 1. The van der Waals surface area contributed by atoms with Gasteiger partial charge in [-0.05, 0) is 38.2 Å². The summed E-state index contributed by atoms with van der Waals surface area (Å²) in [6.45, 7) is 3.60. The van der Waals surface area contributed by atoms with Crippen LogP contribution in [0, 0.1) is 0 Å². The van der Waals surface area contributed by atoms with Crippen LogP contribution in [0.2, 0.25) is 0 Å². The van der Waals surface area contributed by atoms with Crippen LogP contribution in [-0.4, -0.2) is 35.0 Å². The van der Waals surface area contributed by atoms with E-state index in [4.69, 9.17) is 0 Å². The average Bonchev–Trinajstić information content (AvgIpc) is 2.95. The highest BCUT2D eigenvalue weighted by atomic mass is 32.2. The van der Waals surface area contributed by atoms with Crippen LogP contribution in [0.3, 0.4) is 0 Å². The summed E-state index contributed by atoms with van der Waals surface area (Å²) in [5.74, 6) is 0.779. The molecular formula is C15H23N3OS. The molecule has 0 aliphatic heterocycles. The van der Waals surface area contributed by atoms with E-state index >= 15 is 0 Å². The van der Waals surface area contributed by atoms with Crippen LogP contribution in [0.25, 0.3) is 0 Å². The molecule has 0 atom stereocenters. The first-order valence-electron chi connectivity index (χ1n) is 7.22. The zero-order valence-electron chi connectivity index (χ0n) is 12.2. The molecule has 0 bridgehead atoms. The molecule has 1 aliphatic carbocycles. The first kappa shape index (κ1) is 15.2. The summed E-state index contributed by atoms with van der Waals surface area (Å²) in [6.07, 6.45) is 8.72. The number of thioether (sulfide) groups is 1. The number of pyridine rings is 1. The lowest BCUT2D eigenvalue weighted by molar-refractivity contribution is 0.0949. The molecule has 0 radical (unpaired) electrons. The van der Waals surface area contributed by atoms with Gasteiger partial charge in [-0.3, -0.25) is 4.79 Å². The van der Waals surface area contributed by atoms with Gasteiger partial charge in [0, 0.05) is 24.0 Å². The Morgan fingerprint density at radius 2 is 2.15 bits per heavy atom. The van der Waals surface area contributed by atoms with E-state index in [9.17, 15) is 4.79 Å². The van der Waals surface area contributed by atoms with Crippen LogP contribution in [0.1, 0.15) is 43.0 Å². The van der Waals surface area contributed by atoms with Crippen molar-refractivity contribution in [2.75, 3.05) is 24.7 Å². The first-order valence-corrected chi connectivity index (χ1v) is 8.45. The van der Waals surface area contributed by atoms with Crippen molar-refractivity contribution in [2.45, 2.75) is 37.4 Å². The van der Waals surface area contributed by atoms with Crippen molar-refractivity contribution in [3.8, 4) is 0 Å². The maximum atomic E-state index is 12.1. The van der Waals surface area contributed by atoms with E-state index in [2.05, 4.69) is 21.9 Å². The second-order valence-corrected chi connectivity index (χ2v) is 6.51.